The number of fused-ring (bicyclic) bond motifs is 3. The van der Waals surface area contributed by atoms with Gasteiger partial charge in [-0.1, -0.05) is 61.5 Å². The third-order valence-corrected chi connectivity index (χ3v) is 5.46. The zero-order chi connectivity index (χ0) is 15.6. The molecule has 2 atom stereocenters. The summed E-state index contributed by atoms with van der Waals surface area (Å²) in [5, 5.41) is 0. The Morgan fingerprint density at radius 2 is 1.61 bits per heavy atom. The molecule has 0 aliphatic carbocycles. The van der Waals surface area contributed by atoms with Crippen LogP contribution in [0.5, 0.6) is 0 Å². The van der Waals surface area contributed by atoms with Crippen molar-refractivity contribution in [3.63, 3.8) is 0 Å². The Bertz CT molecular complexity index is 652. The van der Waals surface area contributed by atoms with Crippen molar-refractivity contribution in [1.82, 2.24) is 9.80 Å². The third kappa shape index (κ3) is 2.82. The van der Waals surface area contributed by atoms with Gasteiger partial charge in [-0.2, -0.15) is 0 Å². The fourth-order valence-corrected chi connectivity index (χ4v) is 4.34. The lowest BCUT2D eigenvalue weighted by Gasteiger charge is -2.47. The van der Waals surface area contributed by atoms with Crippen molar-refractivity contribution >= 4 is 0 Å². The molecule has 1 saturated heterocycles. The van der Waals surface area contributed by atoms with Crippen LogP contribution >= 0.6 is 0 Å². The number of benzene rings is 2. The van der Waals surface area contributed by atoms with E-state index in [-0.39, 0.29) is 0 Å². The molecule has 0 bridgehead atoms. The molecule has 0 saturated carbocycles. The maximum atomic E-state index is 2.71. The fourth-order valence-electron chi connectivity index (χ4n) is 4.34. The Kier molecular flexibility index (Phi) is 4.19. The van der Waals surface area contributed by atoms with E-state index in [0.717, 1.165) is 6.54 Å². The van der Waals surface area contributed by atoms with E-state index in [4.69, 9.17) is 0 Å². The van der Waals surface area contributed by atoms with E-state index in [0.29, 0.717) is 12.0 Å². The molecule has 0 N–H and O–H groups in total. The molecule has 2 heteroatoms. The van der Waals surface area contributed by atoms with Crippen molar-refractivity contribution in [2.24, 2.45) is 0 Å². The molecule has 0 aromatic heterocycles. The Balaban J connectivity index is 1.70. The minimum Gasteiger partial charge on any atom is -0.300 e. The summed E-state index contributed by atoms with van der Waals surface area (Å²) in [4.78, 5) is 5.35. The van der Waals surface area contributed by atoms with Gasteiger partial charge >= 0.3 is 0 Å². The highest BCUT2D eigenvalue weighted by Crippen LogP contribution is 2.40. The van der Waals surface area contributed by atoms with Crippen molar-refractivity contribution in [3.05, 3.63) is 71.3 Å². The van der Waals surface area contributed by atoms with Gasteiger partial charge in [-0.15, -0.1) is 0 Å². The average molecular weight is 306 g/mol. The monoisotopic (exact) mass is 306 g/mol. The van der Waals surface area contributed by atoms with E-state index in [1.807, 2.05) is 0 Å². The number of piperazine rings is 1. The Morgan fingerprint density at radius 3 is 2.39 bits per heavy atom. The topological polar surface area (TPSA) is 6.48 Å². The van der Waals surface area contributed by atoms with Crippen LogP contribution in [0, 0.1) is 0 Å². The van der Waals surface area contributed by atoms with Crippen LogP contribution in [0.25, 0.3) is 0 Å². The van der Waals surface area contributed by atoms with E-state index < -0.39 is 0 Å². The number of nitrogens with zero attached hydrogens (tertiary/aromatic N) is 2. The van der Waals surface area contributed by atoms with Crippen molar-refractivity contribution in [2.45, 2.75) is 25.3 Å². The van der Waals surface area contributed by atoms with Gasteiger partial charge in [0.2, 0.25) is 0 Å². The first-order valence-electron chi connectivity index (χ1n) is 8.97. The maximum Gasteiger partial charge on any atom is 0.0479 e. The number of hydrogen-bond donors (Lipinski definition) is 0. The Hall–Kier alpha value is -1.64. The van der Waals surface area contributed by atoms with Crippen molar-refractivity contribution in [1.29, 1.82) is 0 Å². The summed E-state index contributed by atoms with van der Waals surface area (Å²) in [6.07, 6.45) is 1.25. The van der Waals surface area contributed by atoms with Gasteiger partial charge in [0, 0.05) is 38.1 Å². The number of hydrogen-bond acceptors (Lipinski definition) is 2. The zero-order valence-corrected chi connectivity index (χ0v) is 14.0. The van der Waals surface area contributed by atoms with Gasteiger partial charge in [0.1, 0.15) is 0 Å². The van der Waals surface area contributed by atoms with Gasteiger partial charge < -0.3 is 4.90 Å². The lowest BCUT2D eigenvalue weighted by molar-refractivity contribution is 0.0628. The van der Waals surface area contributed by atoms with Crippen LogP contribution < -0.4 is 0 Å². The van der Waals surface area contributed by atoms with Crippen LogP contribution in [0.2, 0.25) is 0 Å². The lowest BCUT2D eigenvalue weighted by atomic mass is 9.80. The molecule has 120 valence electrons. The second kappa shape index (κ2) is 6.46. The van der Waals surface area contributed by atoms with Gasteiger partial charge in [0.25, 0.3) is 0 Å². The molecular formula is C21H26N2. The molecule has 0 amide bonds. The quantitative estimate of drug-likeness (QED) is 0.848. The molecule has 2 aromatic rings. The van der Waals surface area contributed by atoms with Gasteiger partial charge in [-0.3, -0.25) is 4.90 Å². The highest BCUT2D eigenvalue weighted by Gasteiger charge is 2.36. The van der Waals surface area contributed by atoms with Crippen molar-refractivity contribution in [2.75, 3.05) is 32.7 Å². The summed E-state index contributed by atoms with van der Waals surface area (Å²) in [6, 6.07) is 20.7. The molecular weight excluding hydrogens is 280 g/mol. The molecule has 2 nitrogen and oxygen atoms in total. The fraction of sp³-hybridized carbons (Fsp3) is 0.429. The average Bonchev–Trinajstić information content (AvgIpc) is 2.62. The van der Waals surface area contributed by atoms with Gasteiger partial charge in [-0.25, -0.2) is 0 Å². The summed E-state index contributed by atoms with van der Waals surface area (Å²) < 4.78 is 0. The van der Waals surface area contributed by atoms with Crippen molar-refractivity contribution in [3.8, 4) is 0 Å². The lowest BCUT2D eigenvalue weighted by Crippen LogP contribution is -2.51. The maximum absolute atomic E-state index is 2.71. The van der Waals surface area contributed by atoms with Crippen LogP contribution in [0.15, 0.2) is 54.6 Å². The van der Waals surface area contributed by atoms with E-state index in [1.165, 1.54) is 38.2 Å². The molecule has 0 radical (unpaired) electrons. The Labute approximate surface area is 139 Å². The van der Waals surface area contributed by atoms with Gasteiger partial charge in [-0.05, 0) is 29.7 Å². The first-order valence-corrected chi connectivity index (χ1v) is 8.97. The smallest absolute Gasteiger partial charge is 0.0479 e. The molecule has 2 aliphatic heterocycles. The summed E-state index contributed by atoms with van der Waals surface area (Å²) in [6.45, 7) is 8.27. The molecule has 23 heavy (non-hydrogen) atoms. The molecule has 1 fully saturated rings. The second-order valence-corrected chi connectivity index (χ2v) is 6.90. The van der Waals surface area contributed by atoms with Crippen LogP contribution in [0.4, 0.5) is 0 Å². The predicted octanol–water partition coefficient (Wildman–Crippen LogP) is 3.90. The van der Waals surface area contributed by atoms with Crippen LogP contribution in [-0.4, -0.2) is 42.5 Å². The Morgan fingerprint density at radius 1 is 0.870 bits per heavy atom. The third-order valence-electron chi connectivity index (χ3n) is 5.46. The summed E-state index contributed by atoms with van der Waals surface area (Å²) in [7, 11) is 0. The molecule has 2 aromatic carbocycles. The normalized spacial score (nSPS) is 24.9. The number of rotatable bonds is 3. The first-order chi connectivity index (χ1) is 11.4. The SMILES string of the molecule is CCCN1CCN2C[C@@H](c3ccccc3)c3ccccc3[C@H]2C1. The molecule has 2 aliphatic rings. The first kappa shape index (κ1) is 14.9. The van der Waals surface area contributed by atoms with E-state index in [1.54, 1.807) is 11.1 Å². The minimum atomic E-state index is 0.515. The summed E-state index contributed by atoms with van der Waals surface area (Å²) in [5.74, 6) is 0.515. The largest absolute Gasteiger partial charge is 0.300 e. The van der Waals surface area contributed by atoms with Crippen LogP contribution in [0.1, 0.15) is 42.0 Å². The van der Waals surface area contributed by atoms with E-state index in [2.05, 4.69) is 71.3 Å². The molecule has 0 unspecified atom stereocenters. The van der Waals surface area contributed by atoms with Crippen molar-refractivity contribution < 1.29 is 0 Å². The molecule has 0 spiro atoms. The second-order valence-electron chi connectivity index (χ2n) is 6.90. The minimum absolute atomic E-state index is 0.515. The molecule has 2 heterocycles. The zero-order valence-electron chi connectivity index (χ0n) is 14.0. The van der Waals surface area contributed by atoms with E-state index in [9.17, 15) is 0 Å². The van der Waals surface area contributed by atoms with Gasteiger partial charge in [0.05, 0.1) is 0 Å². The predicted molar refractivity (Wildman–Crippen MR) is 95.8 cm³/mol. The summed E-state index contributed by atoms with van der Waals surface area (Å²) >= 11 is 0. The van der Waals surface area contributed by atoms with Crippen LogP contribution in [0.3, 0.4) is 0 Å². The van der Waals surface area contributed by atoms with E-state index >= 15 is 0 Å². The van der Waals surface area contributed by atoms with Crippen LogP contribution in [-0.2, 0) is 0 Å². The highest BCUT2D eigenvalue weighted by molar-refractivity contribution is 5.42. The summed E-state index contributed by atoms with van der Waals surface area (Å²) in [5.41, 5.74) is 4.54. The molecule has 4 rings (SSSR count). The van der Waals surface area contributed by atoms with Gasteiger partial charge in [0.15, 0.2) is 0 Å². The highest BCUT2D eigenvalue weighted by atomic mass is 15.3. The standard InChI is InChI=1S/C21H26N2/c1-2-12-22-13-14-23-15-20(17-8-4-3-5-9-17)18-10-6-7-11-19(18)21(23)16-22/h3-11,20-21H,2,12-16H2,1H3/t20-,21+/m0/s1.